The zero-order valence-corrected chi connectivity index (χ0v) is 7.14. The highest BCUT2D eigenvalue weighted by Gasteiger charge is 2.14. The minimum Gasteiger partial charge on any atom is -0.356 e. The monoisotopic (exact) mass is 151 g/mol. The molecule has 60 valence electrons. The molecule has 0 unspecified atom stereocenters. The van der Waals surface area contributed by atoms with Gasteiger partial charge in [0, 0.05) is 11.1 Å². The molecule has 1 aromatic rings. The number of nitrogens with one attached hydrogen (secondary N) is 1. The maximum atomic E-state index is 10.3. The largest absolute Gasteiger partial charge is 0.356 e. The molecule has 0 aliphatic rings. The molecule has 1 heterocycles. The smallest absolute Gasteiger partial charge is 0.166 e. The highest BCUT2D eigenvalue weighted by molar-refractivity contribution is 5.72. The van der Waals surface area contributed by atoms with Crippen LogP contribution in [-0.4, -0.2) is 11.3 Å². The number of aromatic amines is 1. The predicted molar refractivity (Wildman–Crippen MR) is 44.9 cm³/mol. The molecule has 1 aromatic heterocycles. The van der Waals surface area contributed by atoms with Gasteiger partial charge >= 0.3 is 0 Å². The third-order valence-electron chi connectivity index (χ3n) is 1.64. The molecule has 0 aromatic carbocycles. The summed E-state index contributed by atoms with van der Waals surface area (Å²) in [7, 11) is 0. The van der Waals surface area contributed by atoms with Gasteiger partial charge in [-0.1, -0.05) is 20.8 Å². The Hall–Kier alpha value is -1.05. The summed E-state index contributed by atoms with van der Waals surface area (Å²) < 4.78 is 0. The van der Waals surface area contributed by atoms with Crippen molar-refractivity contribution in [2.45, 2.75) is 26.2 Å². The maximum Gasteiger partial charge on any atom is 0.166 e. The van der Waals surface area contributed by atoms with Crippen LogP contribution in [0.5, 0.6) is 0 Å². The normalized spacial score (nSPS) is 11.5. The highest BCUT2D eigenvalue weighted by Crippen LogP contribution is 2.20. The van der Waals surface area contributed by atoms with E-state index in [1.54, 1.807) is 6.07 Å². The Bertz CT molecular complexity index is 255. The Balaban J connectivity index is 2.98. The molecule has 0 bridgehead atoms. The highest BCUT2D eigenvalue weighted by atomic mass is 16.1. The molecule has 0 fully saturated rings. The molecule has 0 aliphatic heterocycles. The molecule has 2 heteroatoms. The van der Waals surface area contributed by atoms with Gasteiger partial charge in [0.25, 0.3) is 0 Å². The topological polar surface area (TPSA) is 32.9 Å². The van der Waals surface area contributed by atoms with Crippen molar-refractivity contribution in [3.8, 4) is 0 Å². The average molecular weight is 151 g/mol. The fourth-order valence-electron chi connectivity index (χ4n) is 0.918. The Labute approximate surface area is 66.6 Å². The number of carbonyl (C=O) groups excluding carboxylic acids is 1. The van der Waals surface area contributed by atoms with Gasteiger partial charge in [-0.05, 0) is 12.1 Å². The van der Waals surface area contributed by atoms with Gasteiger partial charge in [-0.15, -0.1) is 0 Å². The van der Waals surface area contributed by atoms with Crippen molar-refractivity contribution in [3.63, 3.8) is 0 Å². The van der Waals surface area contributed by atoms with Gasteiger partial charge in [0.1, 0.15) is 0 Å². The van der Waals surface area contributed by atoms with Crippen molar-refractivity contribution < 1.29 is 4.79 Å². The molecule has 11 heavy (non-hydrogen) atoms. The van der Waals surface area contributed by atoms with Crippen LogP contribution in [0, 0.1) is 0 Å². The Morgan fingerprint density at radius 3 is 2.27 bits per heavy atom. The molecule has 0 aliphatic carbocycles. The first kappa shape index (κ1) is 8.05. The van der Waals surface area contributed by atoms with Gasteiger partial charge in [-0.2, -0.15) is 0 Å². The predicted octanol–water partition coefficient (Wildman–Crippen LogP) is 2.12. The summed E-state index contributed by atoms with van der Waals surface area (Å²) in [6, 6.07) is 3.75. The van der Waals surface area contributed by atoms with E-state index in [1.165, 1.54) is 0 Å². The summed E-state index contributed by atoms with van der Waals surface area (Å²) in [5.74, 6) is 0. The molecule has 0 atom stereocenters. The van der Waals surface area contributed by atoms with Crippen LogP contribution in [-0.2, 0) is 5.41 Å². The molecular formula is C9H13NO. The number of rotatable bonds is 1. The van der Waals surface area contributed by atoms with Crippen molar-refractivity contribution in [1.82, 2.24) is 4.98 Å². The van der Waals surface area contributed by atoms with Gasteiger partial charge in [-0.3, -0.25) is 4.79 Å². The van der Waals surface area contributed by atoms with E-state index >= 15 is 0 Å². The van der Waals surface area contributed by atoms with Crippen molar-refractivity contribution in [1.29, 1.82) is 0 Å². The van der Waals surface area contributed by atoms with Crippen LogP contribution >= 0.6 is 0 Å². The lowest BCUT2D eigenvalue weighted by Crippen LogP contribution is -2.11. The second kappa shape index (κ2) is 2.53. The summed E-state index contributed by atoms with van der Waals surface area (Å²) in [4.78, 5) is 13.4. The zero-order valence-electron chi connectivity index (χ0n) is 7.14. The summed E-state index contributed by atoms with van der Waals surface area (Å²) in [5.41, 5.74) is 1.84. The van der Waals surface area contributed by atoms with E-state index in [2.05, 4.69) is 25.8 Å². The van der Waals surface area contributed by atoms with Crippen LogP contribution in [0.15, 0.2) is 12.1 Å². The van der Waals surface area contributed by atoms with Crippen LogP contribution in [0.1, 0.15) is 37.0 Å². The molecule has 1 N–H and O–H groups in total. The van der Waals surface area contributed by atoms with Gasteiger partial charge in [0.05, 0.1) is 5.69 Å². The number of aldehydes is 1. The van der Waals surface area contributed by atoms with Gasteiger partial charge in [-0.25, -0.2) is 0 Å². The summed E-state index contributed by atoms with van der Waals surface area (Å²) >= 11 is 0. The average Bonchev–Trinajstić information content (AvgIpc) is 2.32. The number of H-pyrrole nitrogens is 1. The fraction of sp³-hybridized carbons (Fsp3) is 0.444. The second-order valence-corrected chi connectivity index (χ2v) is 3.70. The zero-order chi connectivity index (χ0) is 8.48. The van der Waals surface area contributed by atoms with Crippen molar-refractivity contribution >= 4 is 6.29 Å². The molecule has 0 spiro atoms. The first-order chi connectivity index (χ1) is 5.04. The number of hydrogen-bond donors (Lipinski definition) is 1. The standard InChI is InChI=1S/C9H13NO/c1-9(2,3)8-5-4-7(6-11)10-8/h4-6,10H,1-3H3. The van der Waals surface area contributed by atoms with Crippen molar-refractivity contribution in [2.75, 3.05) is 0 Å². The number of carbonyl (C=O) groups is 1. The van der Waals surface area contributed by atoms with E-state index in [4.69, 9.17) is 0 Å². The first-order valence-electron chi connectivity index (χ1n) is 3.69. The lowest BCUT2D eigenvalue weighted by Gasteiger charge is -2.15. The van der Waals surface area contributed by atoms with E-state index in [1.807, 2.05) is 6.07 Å². The molecule has 0 radical (unpaired) electrons. The van der Waals surface area contributed by atoms with E-state index < -0.39 is 0 Å². The molecule has 0 amide bonds. The maximum absolute atomic E-state index is 10.3. The van der Waals surface area contributed by atoms with E-state index in [0.29, 0.717) is 5.69 Å². The molecule has 2 nitrogen and oxygen atoms in total. The van der Waals surface area contributed by atoms with Crippen LogP contribution < -0.4 is 0 Å². The van der Waals surface area contributed by atoms with E-state index in [9.17, 15) is 4.79 Å². The number of hydrogen-bond acceptors (Lipinski definition) is 1. The lowest BCUT2D eigenvalue weighted by molar-refractivity contribution is 0.111. The van der Waals surface area contributed by atoms with E-state index in [-0.39, 0.29) is 5.41 Å². The van der Waals surface area contributed by atoms with Crippen LogP contribution in [0.2, 0.25) is 0 Å². The summed E-state index contributed by atoms with van der Waals surface area (Å²) in [6.07, 6.45) is 0.829. The quantitative estimate of drug-likeness (QED) is 0.613. The van der Waals surface area contributed by atoms with Gasteiger partial charge < -0.3 is 4.98 Å². The van der Waals surface area contributed by atoms with Crippen molar-refractivity contribution in [3.05, 3.63) is 23.5 Å². The Morgan fingerprint density at radius 2 is 2.00 bits per heavy atom. The third-order valence-corrected chi connectivity index (χ3v) is 1.64. The van der Waals surface area contributed by atoms with Gasteiger partial charge in [0.15, 0.2) is 6.29 Å². The minimum absolute atomic E-state index is 0.0985. The lowest BCUT2D eigenvalue weighted by atomic mass is 9.93. The molecular weight excluding hydrogens is 138 g/mol. The van der Waals surface area contributed by atoms with E-state index in [0.717, 1.165) is 12.0 Å². The molecule has 1 rings (SSSR count). The molecule has 0 saturated carbocycles. The third kappa shape index (κ3) is 1.70. The SMILES string of the molecule is CC(C)(C)c1ccc(C=O)[nH]1. The molecule has 0 saturated heterocycles. The Kier molecular flexibility index (Phi) is 1.85. The van der Waals surface area contributed by atoms with Crippen molar-refractivity contribution in [2.24, 2.45) is 0 Å². The minimum atomic E-state index is 0.0985. The van der Waals surface area contributed by atoms with Crippen LogP contribution in [0.3, 0.4) is 0 Å². The first-order valence-corrected chi connectivity index (χ1v) is 3.69. The fourth-order valence-corrected chi connectivity index (χ4v) is 0.918. The summed E-state index contributed by atoms with van der Waals surface area (Å²) in [5, 5.41) is 0. The van der Waals surface area contributed by atoms with Crippen LogP contribution in [0.25, 0.3) is 0 Å². The second-order valence-electron chi connectivity index (χ2n) is 3.70. The van der Waals surface area contributed by atoms with Crippen LogP contribution in [0.4, 0.5) is 0 Å². The summed E-state index contributed by atoms with van der Waals surface area (Å²) in [6.45, 7) is 6.31. The Morgan fingerprint density at radius 1 is 1.36 bits per heavy atom. The number of aromatic nitrogens is 1. The van der Waals surface area contributed by atoms with Gasteiger partial charge in [0.2, 0.25) is 0 Å².